The molecule has 0 aliphatic rings. The lowest BCUT2D eigenvalue weighted by Gasteiger charge is -2.12. The number of hydrogen-bond acceptors (Lipinski definition) is 4. The van der Waals surface area contributed by atoms with Crippen molar-refractivity contribution in [3.63, 3.8) is 0 Å². The zero-order chi connectivity index (χ0) is 16.2. The van der Waals surface area contributed by atoms with Gasteiger partial charge in [0.2, 0.25) is 0 Å². The molecular weight excluding hydrogens is 254 g/mol. The Morgan fingerprint density at radius 3 is 1.50 bits per heavy atom. The first-order chi connectivity index (χ1) is 9.05. The highest BCUT2D eigenvalue weighted by Gasteiger charge is 2.10. The Hall–Kier alpha value is -1.04. The predicted molar refractivity (Wildman–Crippen MR) is 83.0 cm³/mol. The van der Waals surface area contributed by atoms with E-state index in [9.17, 15) is 0 Å². The largest absolute Gasteiger partial charge is 0.384 e. The van der Waals surface area contributed by atoms with E-state index >= 15 is 0 Å². The number of nitrogens with zero attached hydrogens (tertiary/aromatic N) is 1. The average molecular weight is 283 g/mol. The summed E-state index contributed by atoms with van der Waals surface area (Å²) >= 11 is 0. The third-order valence-electron chi connectivity index (χ3n) is 2.08. The second-order valence-electron chi connectivity index (χ2n) is 5.34. The molecule has 20 heavy (non-hydrogen) atoms. The van der Waals surface area contributed by atoms with Gasteiger partial charge in [-0.3, -0.25) is 4.90 Å². The zero-order valence-corrected chi connectivity index (χ0v) is 13.6. The van der Waals surface area contributed by atoms with Gasteiger partial charge in [0.25, 0.3) is 0 Å². The molecule has 4 nitrogen and oxygen atoms in total. The monoisotopic (exact) mass is 283 g/mol. The van der Waals surface area contributed by atoms with Gasteiger partial charge in [-0.15, -0.1) is 0 Å². The Morgan fingerprint density at radius 2 is 1.25 bits per heavy atom. The highest BCUT2D eigenvalue weighted by Crippen LogP contribution is 2.01. The van der Waals surface area contributed by atoms with Crippen LogP contribution in [0, 0.1) is 23.7 Å². The van der Waals surface area contributed by atoms with Crippen LogP contribution in [0.2, 0.25) is 0 Å². The maximum Gasteiger partial charge on any atom is 0.120 e. The molecule has 0 saturated carbocycles. The molecule has 4 heteroatoms. The highest BCUT2D eigenvalue weighted by atomic mass is 16.3. The molecule has 0 aliphatic carbocycles. The zero-order valence-electron chi connectivity index (χ0n) is 13.6. The van der Waals surface area contributed by atoms with Crippen LogP contribution in [0.5, 0.6) is 0 Å². The van der Waals surface area contributed by atoms with Gasteiger partial charge in [0.15, 0.2) is 0 Å². The third-order valence-corrected chi connectivity index (χ3v) is 2.08. The lowest BCUT2D eigenvalue weighted by atomic mass is 10.1. The van der Waals surface area contributed by atoms with E-state index < -0.39 is 11.2 Å². The van der Waals surface area contributed by atoms with Gasteiger partial charge in [-0.2, -0.15) is 0 Å². The van der Waals surface area contributed by atoms with E-state index in [0.29, 0.717) is 0 Å². The normalized spacial score (nSPS) is 10.7. The molecule has 0 heterocycles. The molecule has 0 aromatic heterocycles. The molecular formula is C16H29NO3. The number of rotatable bonds is 3. The summed E-state index contributed by atoms with van der Waals surface area (Å²) < 4.78 is 0. The van der Waals surface area contributed by atoms with E-state index in [2.05, 4.69) is 42.4 Å². The number of hydrogen-bond donors (Lipinski definition) is 3. The molecule has 0 fully saturated rings. The maximum absolute atomic E-state index is 9.10. The van der Waals surface area contributed by atoms with Gasteiger partial charge in [0, 0.05) is 0 Å². The number of aliphatic hydroxyl groups excluding tert-OH is 1. The quantitative estimate of drug-likeness (QED) is 0.672. The number of aliphatic hydroxyl groups is 3. The highest BCUT2D eigenvalue weighted by molar-refractivity contribution is 5.16. The average Bonchev–Trinajstić information content (AvgIpc) is 2.32. The maximum atomic E-state index is 9.10. The van der Waals surface area contributed by atoms with Crippen molar-refractivity contribution < 1.29 is 15.3 Å². The standard InChI is InChI=1S/C8H15NO.C8H14O2/c1-3-9(4-2)7-5-6-8-10;1-7(2,9)5-6-8(3,4)10/h10H,3-4,7-8H2,1-2H3;9-10H,1-4H3. The molecule has 0 bridgehead atoms. The molecule has 0 aromatic rings. The van der Waals surface area contributed by atoms with E-state index in [1.807, 2.05) is 0 Å². The van der Waals surface area contributed by atoms with Crippen LogP contribution in [0.15, 0.2) is 0 Å². The van der Waals surface area contributed by atoms with Crippen molar-refractivity contribution in [3.8, 4) is 23.7 Å². The van der Waals surface area contributed by atoms with Gasteiger partial charge in [-0.1, -0.05) is 37.5 Å². The van der Waals surface area contributed by atoms with E-state index in [0.717, 1.165) is 19.6 Å². The third kappa shape index (κ3) is 19.3. The van der Waals surface area contributed by atoms with Crippen molar-refractivity contribution in [2.45, 2.75) is 52.7 Å². The van der Waals surface area contributed by atoms with Crippen LogP contribution in [0.1, 0.15) is 41.5 Å². The lowest BCUT2D eigenvalue weighted by Crippen LogP contribution is -2.22. The summed E-state index contributed by atoms with van der Waals surface area (Å²) in [5, 5.41) is 26.5. The second kappa shape index (κ2) is 10.7. The second-order valence-corrected chi connectivity index (χ2v) is 5.34. The van der Waals surface area contributed by atoms with Crippen LogP contribution >= 0.6 is 0 Å². The van der Waals surface area contributed by atoms with E-state index in [1.54, 1.807) is 27.7 Å². The summed E-state index contributed by atoms with van der Waals surface area (Å²) in [6.45, 7) is 13.3. The molecule has 0 unspecified atom stereocenters. The smallest absolute Gasteiger partial charge is 0.120 e. The summed E-state index contributed by atoms with van der Waals surface area (Å²) in [7, 11) is 0. The Balaban J connectivity index is 0. The van der Waals surface area contributed by atoms with Gasteiger partial charge in [0.1, 0.15) is 17.8 Å². The molecule has 0 rings (SSSR count). The first-order valence-electron chi connectivity index (χ1n) is 6.83. The van der Waals surface area contributed by atoms with Gasteiger partial charge in [-0.25, -0.2) is 0 Å². The van der Waals surface area contributed by atoms with Gasteiger partial charge in [0.05, 0.1) is 6.54 Å². The van der Waals surface area contributed by atoms with Crippen molar-refractivity contribution in [3.05, 3.63) is 0 Å². The van der Waals surface area contributed by atoms with Crippen LogP contribution in [-0.2, 0) is 0 Å². The minimum absolute atomic E-state index is 0.0265. The summed E-state index contributed by atoms with van der Waals surface area (Å²) in [6, 6.07) is 0. The summed E-state index contributed by atoms with van der Waals surface area (Å²) in [6.07, 6.45) is 0. The minimum Gasteiger partial charge on any atom is -0.384 e. The van der Waals surface area contributed by atoms with Crippen molar-refractivity contribution in [2.75, 3.05) is 26.2 Å². The van der Waals surface area contributed by atoms with Gasteiger partial charge >= 0.3 is 0 Å². The molecule has 0 aromatic carbocycles. The Labute approximate surface area is 123 Å². The fourth-order valence-corrected chi connectivity index (χ4v) is 0.977. The van der Waals surface area contributed by atoms with Crippen LogP contribution < -0.4 is 0 Å². The molecule has 0 saturated heterocycles. The van der Waals surface area contributed by atoms with Crippen molar-refractivity contribution in [2.24, 2.45) is 0 Å². The van der Waals surface area contributed by atoms with E-state index in [-0.39, 0.29) is 6.61 Å². The fraction of sp³-hybridized carbons (Fsp3) is 0.750. The van der Waals surface area contributed by atoms with Gasteiger partial charge in [-0.05, 0) is 40.8 Å². The van der Waals surface area contributed by atoms with Crippen LogP contribution in [-0.4, -0.2) is 57.7 Å². The summed E-state index contributed by atoms with van der Waals surface area (Å²) in [5.74, 6) is 10.5. The van der Waals surface area contributed by atoms with Crippen molar-refractivity contribution in [1.82, 2.24) is 4.90 Å². The lowest BCUT2D eigenvalue weighted by molar-refractivity contribution is 0.131. The first-order valence-corrected chi connectivity index (χ1v) is 6.83. The van der Waals surface area contributed by atoms with Crippen molar-refractivity contribution in [1.29, 1.82) is 0 Å². The van der Waals surface area contributed by atoms with E-state index in [1.165, 1.54) is 0 Å². The molecule has 0 aliphatic heterocycles. The minimum atomic E-state index is -1.01. The molecule has 0 atom stereocenters. The van der Waals surface area contributed by atoms with Crippen LogP contribution in [0.3, 0.4) is 0 Å². The SMILES string of the molecule is CC(C)(O)C#CC(C)(C)O.CCN(CC)CC#CCO. The molecule has 0 spiro atoms. The first kappa shape index (κ1) is 21.3. The van der Waals surface area contributed by atoms with Gasteiger partial charge < -0.3 is 15.3 Å². The fourth-order valence-electron chi connectivity index (χ4n) is 0.977. The Kier molecular flexibility index (Phi) is 11.4. The molecule has 0 amide bonds. The topological polar surface area (TPSA) is 63.9 Å². The summed E-state index contributed by atoms with van der Waals surface area (Å²) in [5.41, 5.74) is -2.03. The van der Waals surface area contributed by atoms with Crippen molar-refractivity contribution >= 4 is 0 Å². The molecule has 116 valence electrons. The van der Waals surface area contributed by atoms with E-state index in [4.69, 9.17) is 15.3 Å². The molecule has 3 N–H and O–H groups in total. The predicted octanol–water partition coefficient (Wildman–Crippen LogP) is 0.856. The van der Waals surface area contributed by atoms with Crippen LogP contribution in [0.4, 0.5) is 0 Å². The Morgan fingerprint density at radius 1 is 0.850 bits per heavy atom. The molecule has 0 radical (unpaired) electrons. The Bertz CT molecular complexity index is 334. The summed E-state index contributed by atoms with van der Waals surface area (Å²) in [4.78, 5) is 2.20. The van der Waals surface area contributed by atoms with Crippen LogP contribution in [0.25, 0.3) is 0 Å².